The lowest BCUT2D eigenvalue weighted by molar-refractivity contribution is -0.145. The molecule has 0 aromatic heterocycles. The average molecular weight is 188 g/mol. The number of carboxylic acids is 1. The molecule has 0 unspecified atom stereocenters. The number of aliphatic carboxylic acids is 1. The summed E-state index contributed by atoms with van der Waals surface area (Å²) in [5.41, 5.74) is -1.20. The van der Waals surface area contributed by atoms with E-state index in [1.165, 1.54) is 13.8 Å². The van der Waals surface area contributed by atoms with Crippen molar-refractivity contribution >= 4 is 11.9 Å². The van der Waals surface area contributed by atoms with Gasteiger partial charge in [-0.25, -0.2) is 4.79 Å². The summed E-state index contributed by atoms with van der Waals surface area (Å²) >= 11 is 0. The average Bonchev–Trinajstić information content (AvgIpc) is 1.99. The molecule has 0 aromatic rings. The summed E-state index contributed by atoms with van der Waals surface area (Å²) in [5.74, 6) is -1.36. The zero-order chi connectivity index (χ0) is 10.5. The zero-order valence-corrected chi connectivity index (χ0v) is 8.18. The van der Waals surface area contributed by atoms with E-state index in [1.807, 2.05) is 6.92 Å². The molecule has 1 amide bonds. The van der Waals surface area contributed by atoms with E-state index in [0.29, 0.717) is 6.54 Å². The van der Waals surface area contributed by atoms with Gasteiger partial charge in [0.05, 0.1) is 6.54 Å². The Morgan fingerprint density at radius 3 is 2.31 bits per heavy atom. The monoisotopic (exact) mass is 188 g/mol. The van der Waals surface area contributed by atoms with E-state index in [2.05, 4.69) is 10.6 Å². The van der Waals surface area contributed by atoms with Gasteiger partial charge in [0.1, 0.15) is 5.54 Å². The molecular formula is C8H16N2O3. The molecule has 5 heteroatoms. The second-order valence-corrected chi connectivity index (χ2v) is 3.26. The smallest absolute Gasteiger partial charge is 0.328 e. The minimum Gasteiger partial charge on any atom is -0.480 e. The van der Waals surface area contributed by atoms with Crippen molar-refractivity contribution in [3.8, 4) is 0 Å². The third kappa shape index (κ3) is 4.47. The van der Waals surface area contributed by atoms with E-state index >= 15 is 0 Å². The first-order valence-electron chi connectivity index (χ1n) is 4.15. The normalized spacial score (nSPS) is 11.0. The lowest BCUT2D eigenvalue weighted by Crippen LogP contribution is -2.52. The Labute approximate surface area is 77.5 Å². The highest BCUT2D eigenvalue weighted by atomic mass is 16.4. The highest BCUT2D eigenvalue weighted by Gasteiger charge is 2.28. The second kappa shape index (κ2) is 4.81. The van der Waals surface area contributed by atoms with Crippen LogP contribution in [0.4, 0.5) is 0 Å². The molecule has 0 bridgehead atoms. The van der Waals surface area contributed by atoms with Crippen molar-refractivity contribution in [2.45, 2.75) is 26.3 Å². The van der Waals surface area contributed by atoms with Gasteiger partial charge in [0, 0.05) is 0 Å². The van der Waals surface area contributed by atoms with Gasteiger partial charge >= 0.3 is 5.97 Å². The Bertz CT molecular complexity index is 202. The van der Waals surface area contributed by atoms with Crippen molar-refractivity contribution in [3.63, 3.8) is 0 Å². The fourth-order valence-electron chi connectivity index (χ4n) is 0.685. The number of carbonyl (C=O) groups is 2. The van der Waals surface area contributed by atoms with Crippen LogP contribution in [0.2, 0.25) is 0 Å². The summed E-state index contributed by atoms with van der Waals surface area (Å²) < 4.78 is 0. The van der Waals surface area contributed by atoms with Gasteiger partial charge in [-0.2, -0.15) is 0 Å². The number of carbonyl (C=O) groups excluding carboxylic acids is 1. The molecule has 0 heterocycles. The second-order valence-electron chi connectivity index (χ2n) is 3.26. The molecule has 5 nitrogen and oxygen atoms in total. The first-order chi connectivity index (χ1) is 5.90. The molecule has 3 N–H and O–H groups in total. The summed E-state index contributed by atoms with van der Waals surface area (Å²) in [6.07, 6.45) is 0. The first kappa shape index (κ1) is 11.9. The molecule has 0 aliphatic carbocycles. The number of hydrogen-bond acceptors (Lipinski definition) is 3. The molecule has 0 rings (SSSR count). The highest BCUT2D eigenvalue weighted by molar-refractivity contribution is 5.87. The predicted octanol–water partition coefficient (Wildman–Crippen LogP) is -0.425. The van der Waals surface area contributed by atoms with Gasteiger partial charge in [-0.05, 0) is 20.4 Å². The van der Waals surface area contributed by atoms with Crippen molar-refractivity contribution < 1.29 is 14.7 Å². The van der Waals surface area contributed by atoms with Crippen LogP contribution in [-0.4, -0.2) is 35.6 Å². The molecule has 13 heavy (non-hydrogen) atoms. The molecular weight excluding hydrogens is 172 g/mol. The van der Waals surface area contributed by atoms with Gasteiger partial charge in [0.25, 0.3) is 0 Å². The molecule has 0 fully saturated rings. The van der Waals surface area contributed by atoms with Gasteiger partial charge in [0.15, 0.2) is 0 Å². The van der Waals surface area contributed by atoms with Crippen LogP contribution in [-0.2, 0) is 9.59 Å². The Kier molecular flexibility index (Phi) is 4.40. The summed E-state index contributed by atoms with van der Waals surface area (Å²) in [7, 11) is 0. The fourth-order valence-corrected chi connectivity index (χ4v) is 0.685. The fraction of sp³-hybridized carbons (Fsp3) is 0.750. The van der Waals surface area contributed by atoms with Crippen LogP contribution < -0.4 is 10.6 Å². The third-order valence-electron chi connectivity index (χ3n) is 1.52. The molecule has 0 saturated heterocycles. The van der Waals surface area contributed by atoms with Gasteiger partial charge < -0.3 is 15.7 Å². The Balaban J connectivity index is 3.97. The van der Waals surface area contributed by atoms with Crippen LogP contribution in [0.25, 0.3) is 0 Å². The summed E-state index contributed by atoms with van der Waals surface area (Å²) in [6.45, 7) is 5.59. The minimum absolute atomic E-state index is 0.146. The lowest BCUT2D eigenvalue weighted by atomic mass is 10.1. The zero-order valence-electron chi connectivity index (χ0n) is 8.18. The maximum Gasteiger partial charge on any atom is 0.328 e. The Hall–Kier alpha value is -1.10. The summed E-state index contributed by atoms with van der Waals surface area (Å²) in [5, 5.41) is 13.9. The predicted molar refractivity (Wildman–Crippen MR) is 48.4 cm³/mol. The maximum atomic E-state index is 11.1. The molecule has 0 spiro atoms. The van der Waals surface area contributed by atoms with Crippen LogP contribution in [0.5, 0.6) is 0 Å². The number of amides is 1. The van der Waals surface area contributed by atoms with Gasteiger partial charge in [-0.15, -0.1) is 0 Å². The van der Waals surface area contributed by atoms with E-state index in [4.69, 9.17) is 5.11 Å². The largest absolute Gasteiger partial charge is 0.480 e. The van der Waals surface area contributed by atoms with Crippen LogP contribution in [0.3, 0.4) is 0 Å². The van der Waals surface area contributed by atoms with Gasteiger partial charge in [-0.1, -0.05) is 6.92 Å². The number of nitrogens with one attached hydrogen (secondary N) is 2. The molecule has 0 aliphatic rings. The Morgan fingerprint density at radius 1 is 1.38 bits per heavy atom. The number of hydrogen-bond donors (Lipinski definition) is 3. The molecule has 0 atom stereocenters. The van der Waals surface area contributed by atoms with E-state index in [1.54, 1.807) is 0 Å². The molecule has 0 radical (unpaired) electrons. The molecule has 76 valence electrons. The summed E-state index contributed by atoms with van der Waals surface area (Å²) in [4.78, 5) is 21.7. The standard InChI is InChI=1S/C8H16N2O3/c1-4-9-5-6(11)10-8(2,3)7(12)13/h9H,4-5H2,1-3H3,(H,10,11)(H,12,13). The van der Waals surface area contributed by atoms with Crippen LogP contribution in [0.15, 0.2) is 0 Å². The minimum atomic E-state index is -1.20. The molecule has 0 aromatic carbocycles. The third-order valence-corrected chi connectivity index (χ3v) is 1.52. The highest BCUT2D eigenvalue weighted by Crippen LogP contribution is 2.00. The quantitative estimate of drug-likeness (QED) is 0.547. The lowest BCUT2D eigenvalue weighted by Gasteiger charge is -2.20. The Morgan fingerprint density at radius 2 is 1.92 bits per heavy atom. The maximum absolute atomic E-state index is 11.1. The first-order valence-corrected chi connectivity index (χ1v) is 4.15. The van der Waals surface area contributed by atoms with Gasteiger partial charge in [0.2, 0.25) is 5.91 Å². The topological polar surface area (TPSA) is 78.4 Å². The SMILES string of the molecule is CCNCC(=O)NC(C)(C)C(=O)O. The van der Waals surface area contributed by atoms with Crippen LogP contribution in [0, 0.1) is 0 Å². The van der Waals surface area contributed by atoms with E-state index in [0.717, 1.165) is 0 Å². The number of likely N-dealkylation sites (N-methyl/N-ethyl adjacent to an activating group) is 1. The van der Waals surface area contributed by atoms with E-state index in [9.17, 15) is 9.59 Å². The number of rotatable bonds is 5. The number of carboxylic acid groups (broad SMARTS) is 1. The van der Waals surface area contributed by atoms with Crippen LogP contribution >= 0.6 is 0 Å². The van der Waals surface area contributed by atoms with Crippen molar-refractivity contribution in [3.05, 3.63) is 0 Å². The van der Waals surface area contributed by atoms with Crippen molar-refractivity contribution in [2.75, 3.05) is 13.1 Å². The van der Waals surface area contributed by atoms with Crippen molar-refractivity contribution in [1.29, 1.82) is 0 Å². The molecule has 0 aliphatic heterocycles. The summed E-state index contributed by atoms with van der Waals surface area (Å²) in [6, 6.07) is 0. The van der Waals surface area contributed by atoms with Crippen molar-refractivity contribution in [2.24, 2.45) is 0 Å². The van der Waals surface area contributed by atoms with Gasteiger partial charge in [-0.3, -0.25) is 4.79 Å². The van der Waals surface area contributed by atoms with E-state index in [-0.39, 0.29) is 12.5 Å². The molecule has 0 saturated carbocycles. The van der Waals surface area contributed by atoms with Crippen molar-refractivity contribution in [1.82, 2.24) is 10.6 Å². The van der Waals surface area contributed by atoms with Crippen LogP contribution in [0.1, 0.15) is 20.8 Å². The van der Waals surface area contributed by atoms with E-state index < -0.39 is 11.5 Å².